The first-order chi connectivity index (χ1) is 7.31. The number of rotatable bonds is 7. The molecule has 0 bridgehead atoms. The molecule has 0 saturated carbocycles. The van der Waals surface area contributed by atoms with Gasteiger partial charge in [-0.2, -0.15) is 0 Å². The summed E-state index contributed by atoms with van der Waals surface area (Å²) >= 11 is 0. The summed E-state index contributed by atoms with van der Waals surface area (Å²) in [5.41, 5.74) is 0. The van der Waals surface area contributed by atoms with E-state index in [2.05, 4.69) is 19.1 Å². The first-order valence-corrected chi connectivity index (χ1v) is 5.46. The summed E-state index contributed by atoms with van der Waals surface area (Å²) in [4.78, 5) is 10.9. The number of hydrogen-bond acceptors (Lipinski definition) is 2. The molecule has 0 aromatic carbocycles. The first kappa shape index (κ1) is 13.7. The Hall–Kier alpha value is -1.31. The van der Waals surface area contributed by atoms with Crippen molar-refractivity contribution in [2.75, 3.05) is 6.61 Å². The van der Waals surface area contributed by atoms with Crippen LogP contribution >= 0.6 is 0 Å². The van der Waals surface area contributed by atoms with Crippen LogP contribution in [0.3, 0.4) is 0 Å². The van der Waals surface area contributed by atoms with E-state index >= 15 is 0 Å². The zero-order valence-electron chi connectivity index (χ0n) is 9.61. The molecule has 0 amide bonds. The van der Waals surface area contributed by atoms with Gasteiger partial charge in [-0.25, -0.2) is 4.79 Å². The molecule has 15 heavy (non-hydrogen) atoms. The smallest absolute Gasteiger partial charge is 0.330 e. The van der Waals surface area contributed by atoms with Crippen molar-refractivity contribution in [3.8, 4) is 0 Å². The van der Waals surface area contributed by atoms with E-state index in [1.54, 1.807) is 13.0 Å². The molecule has 2 nitrogen and oxygen atoms in total. The van der Waals surface area contributed by atoms with Crippen molar-refractivity contribution in [1.82, 2.24) is 0 Å². The standard InChI is InChI=1S/C13H20O2/c1-3-5-6-7-8-9-10-11-12-13(14)15-4-2/h6-7,9-12H,3-5,8H2,1-2H3/b7-6+,10-9+,12-11+. The van der Waals surface area contributed by atoms with Crippen molar-refractivity contribution in [3.63, 3.8) is 0 Å². The summed E-state index contributed by atoms with van der Waals surface area (Å²) in [6.07, 6.45) is 14.5. The van der Waals surface area contributed by atoms with E-state index < -0.39 is 0 Å². The molecule has 0 rings (SSSR count). The van der Waals surface area contributed by atoms with E-state index in [0.29, 0.717) is 6.61 Å². The van der Waals surface area contributed by atoms with Gasteiger partial charge >= 0.3 is 5.97 Å². The van der Waals surface area contributed by atoms with Crippen LogP contribution in [-0.2, 0) is 9.53 Å². The second kappa shape index (κ2) is 10.8. The summed E-state index contributed by atoms with van der Waals surface area (Å²) in [7, 11) is 0. The molecule has 0 N–H and O–H groups in total. The number of allylic oxidation sites excluding steroid dienone is 5. The Bertz CT molecular complexity index is 237. The predicted octanol–water partition coefficient (Wildman–Crippen LogP) is 3.41. The van der Waals surface area contributed by atoms with Crippen LogP contribution in [-0.4, -0.2) is 12.6 Å². The van der Waals surface area contributed by atoms with Gasteiger partial charge in [0.1, 0.15) is 0 Å². The first-order valence-electron chi connectivity index (χ1n) is 5.46. The molecule has 0 spiro atoms. The Labute approximate surface area is 92.3 Å². The molecule has 0 saturated heterocycles. The van der Waals surface area contributed by atoms with Gasteiger partial charge in [-0.3, -0.25) is 0 Å². The minimum Gasteiger partial charge on any atom is -0.463 e. The zero-order chi connectivity index (χ0) is 11.4. The topological polar surface area (TPSA) is 26.3 Å². The number of esters is 1. The van der Waals surface area contributed by atoms with Crippen molar-refractivity contribution in [1.29, 1.82) is 0 Å². The third-order valence-electron chi connectivity index (χ3n) is 1.66. The molecular formula is C13H20O2. The molecule has 0 aliphatic rings. The molecule has 2 heteroatoms. The van der Waals surface area contributed by atoms with Crippen LogP contribution in [0.5, 0.6) is 0 Å². The monoisotopic (exact) mass is 208 g/mol. The van der Waals surface area contributed by atoms with Crippen molar-refractivity contribution in [3.05, 3.63) is 36.5 Å². The van der Waals surface area contributed by atoms with Gasteiger partial charge in [0.2, 0.25) is 0 Å². The highest BCUT2D eigenvalue weighted by molar-refractivity contribution is 5.82. The fourth-order valence-electron chi connectivity index (χ4n) is 0.941. The second-order valence-corrected chi connectivity index (χ2v) is 3.04. The third kappa shape index (κ3) is 10.6. The second-order valence-electron chi connectivity index (χ2n) is 3.04. The highest BCUT2D eigenvalue weighted by Crippen LogP contribution is 1.92. The largest absolute Gasteiger partial charge is 0.463 e. The maximum atomic E-state index is 10.9. The molecule has 0 unspecified atom stereocenters. The molecule has 0 radical (unpaired) electrons. The molecular weight excluding hydrogens is 188 g/mol. The summed E-state index contributed by atoms with van der Waals surface area (Å²) in [6, 6.07) is 0. The maximum Gasteiger partial charge on any atom is 0.330 e. The van der Waals surface area contributed by atoms with Gasteiger partial charge in [0.15, 0.2) is 0 Å². The quantitative estimate of drug-likeness (QED) is 0.277. The maximum absolute atomic E-state index is 10.9. The van der Waals surface area contributed by atoms with Gasteiger partial charge in [-0.15, -0.1) is 0 Å². The van der Waals surface area contributed by atoms with E-state index in [9.17, 15) is 4.79 Å². The molecule has 0 aromatic heterocycles. The predicted molar refractivity (Wildman–Crippen MR) is 63.6 cm³/mol. The van der Waals surface area contributed by atoms with Gasteiger partial charge in [-0.1, -0.05) is 43.7 Å². The van der Waals surface area contributed by atoms with Crippen molar-refractivity contribution < 1.29 is 9.53 Å². The van der Waals surface area contributed by atoms with Crippen LogP contribution in [0.25, 0.3) is 0 Å². The summed E-state index contributed by atoms with van der Waals surface area (Å²) < 4.78 is 4.73. The van der Waals surface area contributed by atoms with Gasteiger partial charge in [0, 0.05) is 6.08 Å². The van der Waals surface area contributed by atoms with Crippen molar-refractivity contribution in [2.45, 2.75) is 33.1 Å². The number of hydrogen-bond donors (Lipinski definition) is 0. The zero-order valence-corrected chi connectivity index (χ0v) is 9.61. The normalized spacial score (nSPS) is 11.9. The molecule has 0 aliphatic carbocycles. The van der Waals surface area contributed by atoms with Gasteiger partial charge in [0.25, 0.3) is 0 Å². The van der Waals surface area contributed by atoms with E-state index in [1.165, 1.54) is 12.5 Å². The highest BCUT2D eigenvalue weighted by atomic mass is 16.5. The fourth-order valence-corrected chi connectivity index (χ4v) is 0.941. The van der Waals surface area contributed by atoms with Crippen molar-refractivity contribution >= 4 is 5.97 Å². The van der Waals surface area contributed by atoms with Crippen LogP contribution in [0.4, 0.5) is 0 Å². The van der Waals surface area contributed by atoms with E-state index in [1.807, 2.05) is 12.2 Å². The van der Waals surface area contributed by atoms with Crippen molar-refractivity contribution in [2.24, 2.45) is 0 Å². The lowest BCUT2D eigenvalue weighted by Crippen LogP contribution is -1.98. The van der Waals surface area contributed by atoms with Crippen LogP contribution in [0.1, 0.15) is 33.1 Å². The highest BCUT2D eigenvalue weighted by Gasteiger charge is 1.89. The Morgan fingerprint density at radius 1 is 1.13 bits per heavy atom. The Morgan fingerprint density at radius 3 is 2.60 bits per heavy atom. The summed E-state index contributed by atoms with van der Waals surface area (Å²) in [5, 5.41) is 0. The number of carbonyl (C=O) groups is 1. The lowest BCUT2D eigenvalue weighted by molar-refractivity contribution is -0.137. The molecule has 0 aliphatic heterocycles. The lowest BCUT2D eigenvalue weighted by Gasteiger charge is -1.92. The SMILES string of the molecule is CCC/C=C/C/C=C/C=C/C(=O)OCC. The Kier molecular flexibility index (Phi) is 9.83. The third-order valence-corrected chi connectivity index (χ3v) is 1.66. The van der Waals surface area contributed by atoms with E-state index in [-0.39, 0.29) is 5.97 Å². The van der Waals surface area contributed by atoms with Crippen LogP contribution in [0, 0.1) is 0 Å². The minimum atomic E-state index is -0.288. The Balaban J connectivity index is 3.57. The van der Waals surface area contributed by atoms with Crippen LogP contribution < -0.4 is 0 Å². The summed E-state index contributed by atoms with van der Waals surface area (Å²) in [5.74, 6) is -0.288. The fraction of sp³-hybridized carbons (Fsp3) is 0.462. The number of unbranched alkanes of at least 4 members (excludes halogenated alkanes) is 1. The minimum absolute atomic E-state index is 0.288. The lowest BCUT2D eigenvalue weighted by atomic mass is 10.2. The van der Waals surface area contributed by atoms with Crippen LogP contribution in [0.2, 0.25) is 0 Å². The molecule has 0 fully saturated rings. The molecule has 0 aromatic rings. The van der Waals surface area contributed by atoms with E-state index in [4.69, 9.17) is 4.74 Å². The average molecular weight is 208 g/mol. The number of ether oxygens (including phenoxy) is 1. The van der Waals surface area contributed by atoms with Crippen LogP contribution in [0.15, 0.2) is 36.5 Å². The average Bonchev–Trinajstić information content (AvgIpc) is 2.22. The molecule has 0 heterocycles. The molecule has 0 atom stereocenters. The van der Waals surface area contributed by atoms with Gasteiger partial charge in [0.05, 0.1) is 6.61 Å². The number of carbonyl (C=O) groups excluding carboxylic acids is 1. The summed E-state index contributed by atoms with van der Waals surface area (Å²) in [6.45, 7) is 4.37. The van der Waals surface area contributed by atoms with E-state index in [0.717, 1.165) is 12.8 Å². The van der Waals surface area contributed by atoms with Gasteiger partial charge < -0.3 is 4.74 Å². The van der Waals surface area contributed by atoms with Gasteiger partial charge in [-0.05, 0) is 19.8 Å². The molecule has 84 valence electrons. The Morgan fingerprint density at radius 2 is 1.93 bits per heavy atom.